The van der Waals surface area contributed by atoms with Crippen LogP contribution in [0.5, 0.6) is 0 Å². The Labute approximate surface area is 176 Å². The normalized spacial score (nSPS) is 17.5. The number of benzene rings is 3. The molecule has 0 aromatic heterocycles. The molecule has 4 nitrogen and oxygen atoms in total. The molecule has 1 aliphatic rings. The quantitative estimate of drug-likeness (QED) is 0.451. The van der Waals surface area contributed by atoms with Gasteiger partial charge in [-0.1, -0.05) is 84.4 Å². The third-order valence-electron chi connectivity index (χ3n) is 5.34. The van der Waals surface area contributed by atoms with Gasteiger partial charge in [0.05, 0.1) is 12.1 Å². The van der Waals surface area contributed by atoms with Crippen LogP contribution in [-0.2, 0) is 4.84 Å². The average molecular weight is 407 g/mol. The molecule has 5 heteroatoms. The average Bonchev–Trinajstić information content (AvgIpc) is 3.56. The number of nitrogens with zero attached hydrogens (tertiary/aromatic N) is 2. The monoisotopic (exact) mass is 406 g/mol. The van der Waals surface area contributed by atoms with E-state index in [1.165, 1.54) is 5.06 Å². The number of urea groups is 1. The van der Waals surface area contributed by atoms with Crippen LogP contribution in [0, 0.1) is 0 Å². The molecule has 2 amide bonds. The van der Waals surface area contributed by atoms with Crippen molar-refractivity contribution in [2.45, 2.75) is 32.2 Å². The van der Waals surface area contributed by atoms with Crippen molar-refractivity contribution in [3.8, 4) is 0 Å². The molecule has 148 valence electrons. The Bertz CT molecular complexity index is 918. The summed E-state index contributed by atoms with van der Waals surface area (Å²) >= 11 is 5.98. The van der Waals surface area contributed by atoms with Gasteiger partial charge in [-0.2, -0.15) is 5.06 Å². The van der Waals surface area contributed by atoms with Gasteiger partial charge >= 0.3 is 6.03 Å². The van der Waals surface area contributed by atoms with Crippen molar-refractivity contribution < 1.29 is 9.63 Å². The molecule has 0 N–H and O–H groups in total. The fourth-order valence-corrected chi connectivity index (χ4v) is 3.74. The van der Waals surface area contributed by atoms with E-state index in [1.54, 1.807) is 12.1 Å². The lowest BCUT2D eigenvalue weighted by molar-refractivity contribution is 0.105. The van der Waals surface area contributed by atoms with Gasteiger partial charge in [-0.05, 0) is 37.1 Å². The van der Waals surface area contributed by atoms with Crippen molar-refractivity contribution >= 4 is 17.6 Å². The van der Waals surface area contributed by atoms with E-state index >= 15 is 0 Å². The molecule has 0 bridgehead atoms. The smallest absolute Gasteiger partial charge is 0.309 e. The van der Waals surface area contributed by atoms with Crippen molar-refractivity contribution in [3.05, 3.63) is 107 Å². The molecule has 3 aromatic carbocycles. The Morgan fingerprint density at radius 2 is 1.34 bits per heavy atom. The van der Waals surface area contributed by atoms with Crippen LogP contribution in [0.2, 0.25) is 5.02 Å². The van der Waals surface area contributed by atoms with Crippen LogP contribution in [0.4, 0.5) is 4.79 Å². The van der Waals surface area contributed by atoms with E-state index in [4.69, 9.17) is 16.4 Å². The minimum absolute atomic E-state index is 0.117. The highest BCUT2D eigenvalue weighted by Gasteiger charge is 2.47. The molecule has 4 rings (SSSR count). The molecular weight excluding hydrogens is 384 g/mol. The lowest BCUT2D eigenvalue weighted by Gasteiger charge is -2.34. The van der Waals surface area contributed by atoms with E-state index < -0.39 is 0 Å². The summed E-state index contributed by atoms with van der Waals surface area (Å²) in [5.74, 6) is 0. The molecule has 1 saturated heterocycles. The SMILES string of the molecule is C[C@H](c1ccccc1)N(C(=O)N1O[C@@H]1c1ccc(Cl)cc1)[C@H](C)c1ccccc1. The minimum Gasteiger partial charge on any atom is -0.309 e. The van der Waals surface area contributed by atoms with E-state index in [9.17, 15) is 4.79 Å². The van der Waals surface area contributed by atoms with E-state index in [0.717, 1.165) is 16.7 Å². The van der Waals surface area contributed by atoms with Crippen LogP contribution in [0.3, 0.4) is 0 Å². The Morgan fingerprint density at radius 1 is 0.862 bits per heavy atom. The first-order valence-corrected chi connectivity index (χ1v) is 10.1. The topological polar surface area (TPSA) is 35.9 Å². The summed E-state index contributed by atoms with van der Waals surface area (Å²) in [6.07, 6.45) is -0.381. The second-order valence-corrected chi connectivity index (χ2v) is 7.63. The summed E-state index contributed by atoms with van der Waals surface area (Å²) in [4.78, 5) is 21.0. The number of halogens is 1. The fourth-order valence-electron chi connectivity index (χ4n) is 3.61. The maximum atomic E-state index is 13.5. The number of carbonyl (C=O) groups excluding carboxylic acids is 1. The summed E-state index contributed by atoms with van der Waals surface area (Å²) in [5, 5.41) is 2.09. The van der Waals surface area contributed by atoms with Gasteiger partial charge in [-0.15, -0.1) is 0 Å². The number of rotatable bonds is 5. The molecule has 0 radical (unpaired) electrons. The summed E-state index contributed by atoms with van der Waals surface area (Å²) < 4.78 is 0. The van der Waals surface area contributed by atoms with Gasteiger partial charge < -0.3 is 4.90 Å². The molecule has 0 aliphatic carbocycles. The molecular formula is C24H23ClN2O2. The summed E-state index contributed by atoms with van der Waals surface area (Å²) in [7, 11) is 0. The van der Waals surface area contributed by atoms with Crippen molar-refractivity contribution in [1.29, 1.82) is 0 Å². The van der Waals surface area contributed by atoms with Crippen LogP contribution in [-0.4, -0.2) is 16.0 Å². The molecule has 0 unspecified atom stereocenters. The molecule has 0 saturated carbocycles. The highest BCUT2D eigenvalue weighted by atomic mass is 35.5. The summed E-state index contributed by atoms with van der Waals surface area (Å²) in [6, 6.07) is 27.1. The predicted molar refractivity (Wildman–Crippen MR) is 114 cm³/mol. The largest absolute Gasteiger partial charge is 0.347 e. The molecule has 1 fully saturated rings. The Morgan fingerprint density at radius 3 is 1.83 bits per heavy atom. The van der Waals surface area contributed by atoms with Crippen LogP contribution in [0.15, 0.2) is 84.9 Å². The van der Waals surface area contributed by atoms with Gasteiger partial charge in [-0.3, -0.25) is 0 Å². The van der Waals surface area contributed by atoms with Gasteiger partial charge in [0, 0.05) is 10.6 Å². The standard InChI is InChI=1S/C24H23ClN2O2/c1-17(19-9-5-3-6-10-19)26(18(2)20-11-7-4-8-12-20)24(28)27-23(29-27)21-13-15-22(25)16-14-21/h3-18,23H,1-2H3/t17-,18-,23-,27?/m1/s1. The second-order valence-electron chi connectivity index (χ2n) is 7.20. The van der Waals surface area contributed by atoms with E-state index in [-0.39, 0.29) is 24.3 Å². The molecule has 0 spiro atoms. The number of hydroxylamine groups is 2. The molecule has 29 heavy (non-hydrogen) atoms. The van der Waals surface area contributed by atoms with Crippen molar-refractivity contribution in [1.82, 2.24) is 9.96 Å². The van der Waals surface area contributed by atoms with Crippen LogP contribution >= 0.6 is 11.6 Å². The summed E-state index contributed by atoms with van der Waals surface area (Å²) in [6.45, 7) is 4.10. The first-order chi connectivity index (χ1) is 14.1. The zero-order valence-corrected chi connectivity index (χ0v) is 17.2. The molecule has 3 aromatic rings. The zero-order chi connectivity index (χ0) is 20.4. The lowest BCUT2D eigenvalue weighted by atomic mass is 10.0. The van der Waals surface area contributed by atoms with Gasteiger partial charge in [0.1, 0.15) is 0 Å². The predicted octanol–water partition coefficient (Wildman–Crippen LogP) is 6.53. The highest BCUT2D eigenvalue weighted by Crippen LogP contribution is 2.41. The van der Waals surface area contributed by atoms with Crippen molar-refractivity contribution in [3.63, 3.8) is 0 Å². The molecule has 1 heterocycles. The first kappa shape index (κ1) is 19.5. The number of hydrogen-bond donors (Lipinski definition) is 0. The van der Waals surface area contributed by atoms with Gasteiger partial charge in [0.2, 0.25) is 6.23 Å². The van der Waals surface area contributed by atoms with Gasteiger partial charge in [0.15, 0.2) is 0 Å². The van der Waals surface area contributed by atoms with E-state index in [1.807, 2.05) is 91.5 Å². The van der Waals surface area contributed by atoms with E-state index in [2.05, 4.69) is 0 Å². The van der Waals surface area contributed by atoms with Crippen LogP contribution in [0.1, 0.15) is 48.8 Å². The first-order valence-electron chi connectivity index (χ1n) is 9.70. The Hall–Kier alpha value is -2.82. The lowest BCUT2D eigenvalue weighted by Crippen LogP contribution is -2.39. The highest BCUT2D eigenvalue weighted by molar-refractivity contribution is 6.30. The Kier molecular flexibility index (Phi) is 5.56. The van der Waals surface area contributed by atoms with Crippen LogP contribution < -0.4 is 0 Å². The summed E-state index contributed by atoms with van der Waals surface area (Å²) in [5.41, 5.74) is 3.06. The molecule has 1 aliphatic heterocycles. The number of carbonyl (C=O) groups is 1. The Balaban J connectivity index is 1.61. The minimum atomic E-state index is -0.381. The third kappa shape index (κ3) is 4.14. The van der Waals surface area contributed by atoms with Crippen molar-refractivity contribution in [2.24, 2.45) is 0 Å². The third-order valence-corrected chi connectivity index (χ3v) is 5.60. The number of amides is 2. The maximum absolute atomic E-state index is 13.5. The fraction of sp³-hybridized carbons (Fsp3) is 0.208. The zero-order valence-electron chi connectivity index (χ0n) is 16.4. The number of hydrogen-bond acceptors (Lipinski definition) is 2. The van der Waals surface area contributed by atoms with Crippen molar-refractivity contribution in [2.75, 3.05) is 0 Å². The van der Waals surface area contributed by atoms with Gasteiger partial charge in [0.25, 0.3) is 0 Å². The second kappa shape index (κ2) is 8.27. The van der Waals surface area contributed by atoms with Gasteiger partial charge in [-0.25, -0.2) is 9.63 Å². The van der Waals surface area contributed by atoms with E-state index in [0.29, 0.717) is 5.02 Å². The van der Waals surface area contributed by atoms with Crippen LogP contribution in [0.25, 0.3) is 0 Å². The maximum Gasteiger partial charge on any atom is 0.347 e. The molecule has 3 atom stereocenters.